The zero-order chi connectivity index (χ0) is 11.9. The third-order valence-electron chi connectivity index (χ3n) is 1.87. The van der Waals surface area contributed by atoms with Crippen molar-refractivity contribution in [2.75, 3.05) is 26.3 Å². The van der Waals surface area contributed by atoms with Crippen molar-refractivity contribution < 1.29 is 18.4 Å². The number of hydrogen-bond acceptors (Lipinski definition) is 4. The lowest BCUT2D eigenvalue weighted by Gasteiger charge is -2.23. The van der Waals surface area contributed by atoms with E-state index in [1.54, 1.807) is 13.8 Å². The lowest BCUT2D eigenvalue weighted by atomic mass is 10.6. The molecule has 0 radical (unpaired) electrons. The van der Waals surface area contributed by atoms with E-state index in [0.29, 0.717) is 13.1 Å². The molecule has 0 aromatic carbocycles. The molecule has 0 aliphatic heterocycles. The minimum Gasteiger partial charge on any atom is -0.333 e. The second-order valence-corrected chi connectivity index (χ2v) is 4.68. The van der Waals surface area contributed by atoms with Gasteiger partial charge in [0.1, 0.15) is 0 Å². The topological polar surface area (TPSA) is 55.8 Å². The number of hydrogen-bond donors (Lipinski definition) is 0. The predicted molar refractivity (Wildman–Crippen MR) is 59.2 cm³/mol. The van der Waals surface area contributed by atoms with Gasteiger partial charge in [-0.2, -0.15) is 0 Å². The first-order chi connectivity index (χ1) is 7.05. The molecule has 0 aliphatic rings. The second kappa shape index (κ2) is 6.99. The molecule has 15 heavy (non-hydrogen) atoms. The van der Waals surface area contributed by atoms with Gasteiger partial charge in [-0.15, -0.1) is 0 Å². The van der Waals surface area contributed by atoms with Crippen molar-refractivity contribution in [2.24, 2.45) is 0 Å². The van der Waals surface area contributed by atoms with Gasteiger partial charge in [-0.25, -0.2) is 4.57 Å². The monoisotopic (exact) mass is 237 g/mol. The van der Waals surface area contributed by atoms with Gasteiger partial charge < -0.3 is 13.9 Å². The van der Waals surface area contributed by atoms with Gasteiger partial charge in [0.05, 0.1) is 13.2 Å². The second-order valence-electron chi connectivity index (χ2n) is 2.79. The first kappa shape index (κ1) is 14.6. The summed E-state index contributed by atoms with van der Waals surface area (Å²) in [4.78, 5) is 13.3. The molecule has 0 fully saturated rings. The van der Waals surface area contributed by atoms with Crippen molar-refractivity contribution in [3.05, 3.63) is 0 Å². The fraction of sp³-hybridized carbons (Fsp3) is 0.889. The van der Waals surface area contributed by atoms with Crippen LogP contribution >= 0.6 is 7.60 Å². The minimum atomic E-state index is -3.61. The lowest BCUT2D eigenvalue weighted by Crippen LogP contribution is -2.30. The van der Waals surface area contributed by atoms with Crippen molar-refractivity contribution in [1.29, 1.82) is 0 Å². The highest BCUT2D eigenvalue weighted by Gasteiger charge is 2.37. The van der Waals surface area contributed by atoms with Crippen LogP contribution in [0.4, 0.5) is 4.79 Å². The summed E-state index contributed by atoms with van der Waals surface area (Å²) in [6.45, 7) is 8.41. The summed E-state index contributed by atoms with van der Waals surface area (Å²) in [7, 11) is -3.61. The smallest absolute Gasteiger partial charge is 0.333 e. The van der Waals surface area contributed by atoms with E-state index in [1.807, 2.05) is 13.8 Å². The average Bonchev–Trinajstić information content (AvgIpc) is 2.20. The first-order valence-corrected chi connectivity index (χ1v) is 6.78. The van der Waals surface area contributed by atoms with Crippen LogP contribution in [-0.2, 0) is 13.6 Å². The van der Waals surface area contributed by atoms with Crippen LogP contribution in [0.3, 0.4) is 0 Å². The van der Waals surface area contributed by atoms with Crippen LogP contribution in [0, 0.1) is 0 Å². The van der Waals surface area contributed by atoms with Gasteiger partial charge in [0.25, 0.3) is 0 Å². The first-order valence-electron chi connectivity index (χ1n) is 5.24. The highest BCUT2D eigenvalue weighted by Crippen LogP contribution is 2.50. The van der Waals surface area contributed by atoms with Crippen molar-refractivity contribution >= 4 is 13.2 Å². The molecule has 90 valence electrons. The summed E-state index contributed by atoms with van der Waals surface area (Å²) >= 11 is 0. The number of carbonyl (C=O) groups is 1. The molecule has 0 unspecified atom stereocenters. The third kappa shape index (κ3) is 3.93. The van der Waals surface area contributed by atoms with Gasteiger partial charge in [0, 0.05) is 13.1 Å². The van der Waals surface area contributed by atoms with Gasteiger partial charge in [-0.05, 0) is 27.7 Å². The zero-order valence-electron chi connectivity index (χ0n) is 9.86. The maximum absolute atomic E-state index is 12.0. The molecule has 0 atom stereocenters. The molecule has 0 heterocycles. The number of nitrogens with zero attached hydrogens (tertiary/aromatic N) is 1. The quantitative estimate of drug-likeness (QED) is 0.639. The Balaban J connectivity index is 4.75. The van der Waals surface area contributed by atoms with Crippen LogP contribution in [0.1, 0.15) is 27.7 Å². The zero-order valence-corrected chi connectivity index (χ0v) is 10.8. The molecule has 0 saturated carbocycles. The summed E-state index contributed by atoms with van der Waals surface area (Å²) < 4.78 is 22.0. The van der Waals surface area contributed by atoms with Crippen LogP contribution in [0.5, 0.6) is 0 Å². The molecule has 0 aliphatic carbocycles. The lowest BCUT2D eigenvalue weighted by molar-refractivity contribution is 0.188. The van der Waals surface area contributed by atoms with E-state index in [9.17, 15) is 9.36 Å². The molecule has 6 heteroatoms. The number of amides is 1. The summed E-state index contributed by atoms with van der Waals surface area (Å²) in [5, 5.41) is 0. The summed E-state index contributed by atoms with van der Waals surface area (Å²) in [6, 6.07) is 0. The highest BCUT2D eigenvalue weighted by atomic mass is 31.2. The van der Waals surface area contributed by atoms with Gasteiger partial charge in [0.2, 0.25) is 0 Å². The van der Waals surface area contributed by atoms with Gasteiger partial charge in [-0.3, -0.25) is 4.79 Å². The van der Waals surface area contributed by atoms with Crippen LogP contribution in [-0.4, -0.2) is 36.9 Å². The summed E-state index contributed by atoms with van der Waals surface area (Å²) in [6.07, 6.45) is 0. The Morgan fingerprint density at radius 1 is 1.07 bits per heavy atom. The van der Waals surface area contributed by atoms with Gasteiger partial charge in [-0.1, -0.05) is 0 Å². The maximum Gasteiger partial charge on any atom is 0.418 e. The molecule has 0 rings (SSSR count). The Bertz CT molecular complexity index is 230. The fourth-order valence-corrected chi connectivity index (χ4v) is 2.76. The fourth-order valence-electron chi connectivity index (χ4n) is 1.15. The van der Waals surface area contributed by atoms with E-state index in [2.05, 4.69) is 0 Å². The van der Waals surface area contributed by atoms with E-state index in [1.165, 1.54) is 4.90 Å². The highest BCUT2D eigenvalue weighted by molar-refractivity contribution is 7.71. The Labute approximate surface area is 91.3 Å². The van der Waals surface area contributed by atoms with Gasteiger partial charge >= 0.3 is 13.2 Å². The normalized spacial score (nSPS) is 11.5. The molecular formula is C9H20NO4P. The molecule has 0 spiro atoms. The Hall–Kier alpha value is -0.380. The molecular weight excluding hydrogens is 217 g/mol. The molecule has 5 nitrogen and oxygen atoms in total. The van der Waals surface area contributed by atoms with E-state index < -0.39 is 13.2 Å². The minimum absolute atomic E-state index is 0.199. The largest absolute Gasteiger partial charge is 0.418 e. The van der Waals surface area contributed by atoms with Gasteiger partial charge in [0.15, 0.2) is 0 Å². The van der Waals surface area contributed by atoms with Crippen LogP contribution < -0.4 is 0 Å². The maximum atomic E-state index is 12.0. The molecule has 0 aromatic rings. The Morgan fingerprint density at radius 2 is 1.47 bits per heavy atom. The number of carbonyl (C=O) groups excluding carboxylic acids is 1. The van der Waals surface area contributed by atoms with Crippen LogP contribution in [0.25, 0.3) is 0 Å². The predicted octanol–water partition coefficient (Wildman–Crippen LogP) is 2.71. The van der Waals surface area contributed by atoms with Crippen molar-refractivity contribution in [3.8, 4) is 0 Å². The van der Waals surface area contributed by atoms with E-state index >= 15 is 0 Å². The van der Waals surface area contributed by atoms with Crippen molar-refractivity contribution in [1.82, 2.24) is 4.90 Å². The van der Waals surface area contributed by atoms with E-state index in [-0.39, 0.29) is 13.2 Å². The van der Waals surface area contributed by atoms with Crippen molar-refractivity contribution in [3.63, 3.8) is 0 Å². The average molecular weight is 237 g/mol. The summed E-state index contributed by atoms with van der Waals surface area (Å²) in [5.41, 5.74) is -0.545. The molecule has 1 amide bonds. The molecule has 0 bridgehead atoms. The van der Waals surface area contributed by atoms with Crippen LogP contribution in [0.2, 0.25) is 0 Å². The molecule has 0 N–H and O–H groups in total. The summed E-state index contributed by atoms with van der Waals surface area (Å²) in [5.74, 6) is 0. The van der Waals surface area contributed by atoms with E-state index in [4.69, 9.17) is 9.05 Å². The Kier molecular flexibility index (Phi) is 6.81. The number of rotatable bonds is 7. The SMILES string of the molecule is CCOP(=O)(OCC)C(=O)N(CC)CC. The standard InChI is InChI=1S/C9H20NO4P/c1-5-10(6-2)9(11)15(12,13-7-3)14-8-4/h5-8H2,1-4H3. The third-order valence-corrected chi connectivity index (χ3v) is 3.81. The molecule has 0 aromatic heterocycles. The van der Waals surface area contributed by atoms with Crippen molar-refractivity contribution in [2.45, 2.75) is 27.7 Å². The van der Waals surface area contributed by atoms with E-state index in [0.717, 1.165) is 0 Å². The molecule has 0 saturated heterocycles. The van der Waals surface area contributed by atoms with Crippen LogP contribution in [0.15, 0.2) is 0 Å². The Morgan fingerprint density at radius 3 is 1.73 bits per heavy atom.